The molecule has 0 aliphatic heterocycles. The van der Waals surface area contributed by atoms with Crippen LogP contribution in [0.4, 0.5) is 0 Å². The summed E-state index contributed by atoms with van der Waals surface area (Å²) in [7, 11) is 0. The summed E-state index contributed by atoms with van der Waals surface area (Å²) in [5.41, 5.74) is 18.0. The highest BCUT2D eigenvalue weighted by atomic mass is 16.5. The molecule has 0 radical (unpaired) electrons. The van der Waals surface area contributed by atoms with Crippen molar-refractivity contribution in [2.24, 2.45) is 22.4 Å². The largest absolute Gasteiger partial charge is 0.497 e. The first-order valence-electron chi connectivity index (χ1n) is 20.4. The van der Waals surface area contributed by atoms with Crippen LogP contribution in [-0.4, -0.2) is 26.2 Å². The summed E-state index contributed by atoms with van der Waals surface area (Å²) < 4.78 is 6.01. The van der Waals surface area contributed by atoms with E-state index in [1.54, 1.807) is 0 Å². The van der Waals surface area contributed by atoms with Crippen LogP contribution in [0.5, 0.6) is 0 Å². The van der Waals surface area contributed by atoms with Gasteiger partial charge in [-0.05, 0) is 76.1 Å². The molecule has 0 fully saturated rings. The number of unbranched alkanes of at least 4 members (excludes halogenated alkanes) is 4. The minimum absolute atomic E-state index is 0.333. The van der Waals surface area contributed by atoms with Gasteiger partial charge in [-0.25, -0.2) is 0 Å². The van der Waals surface area contributed by atoms with Crippen molar-refractivity contribution in [2.45, 2.75) is 168 Å². The second kappa shape index (κ2) is 56.0. The van der Waals surface area contributed by atoms with Crippen molar-refractivity contribution in [3.63, 3.8) is 0 Å². The molecule has 54 heavy (non-hydrogen) atoms. The summed E-state index contributed by atoms with van der Waals surface area (Å²) >= 11 is 0. The van der Waals surface area contributed by atoms with Gasteiger partial charge in [0.1, 0.15) is 6.79 Å². The molecule has 1 aliphatic carbocycles. The highest BCUT2D eigenvalue weighted by molar-refractivity contribution is 5.73. The quantitative estimate of drug-likeness (QED) is 0.0908. The van der Waals surface area contributed by atoms with Crippen molar-refractivity contribution in [2.75, 3.05) is 6.61 Å². The molecular formula is C49H91N3O2. The van der Waals surface area contributed by atoms with E-state index in [4.69, 9.17) is 21.0 Å². The molecule has 1 aromatic carbocycles. The van der Waals surface area contributed by atoms with Gasteiger partial charge in [-0.15, -0.1) is 19.7 Å². The van der Waals surface area contributed by atoms with Gasteiger partial charge in [-0.1, -0.05) is 168 Å². The Balaban J connectivity index is -0.000000121. The lowest BCUT2D eigenvalue weighted by molar-refractivity contribution is -0.0980. The maximum atomic E-state index is 8.00. The second-order valence-electron chi connectivity index (χ2n) is 11.8. The molecule has 0 saturated carbocycles. The number of hydrogen-bond donors (Lipinski definition) is 2. The zero-order valence-electron chi connectivity index (χ0n) is 38.5. The number of allylic oxidation sites excluding steroid dienone is 10. The zero-order valence-corrected chi connectivity index (χ0v) is 38.5. The molecule has 314 valence electrons. The maximum Gasteiger partial charge on any atom is 0.106 e. The Morgan fingerprint density at radius 1 is 0.944 bits per heavy atom. The number of nitrogens with zero attached hydrogens (tertiary/aromatic N) is 1. The van der Waals surface area contributed by atoms with Gasteiger partial charge in [0.05, 0.1) is 12.4 Å². The minimum Gasteiger partial charge on any atom is -0.497 e. The number of aliphatic imine (C=N–C) groups is 1. The third-order valence-electron chi connectivity index (χ3n) is 6.77. The number of rotatable bonds is 13. The monoisotopic (exact) mass is 754 g/mol. The number of nitrogens with two attached hydrogens (primary N) is 2. The van der Waals surface area contributed by atoms with E-state index in [-0.39, 0.29) is 0 Å². The molecule has 5 heteroatoms. The molecule has 0 aromatic heterocycles. The molecule has 1 atom stereocenters. The molecule has 0 bridgehead atoms. The average molecular weight is 754 g/mol. The topological polar surface area (TPSA) is 90.7 Å². The molecule has 0 amide bonds. The predicted octanol–water partition coefficient (Wildman–Crippen LogP) is 15.1. The summed E-state index contributed by atoms with van der Waals surface area (Å²) in [5.74, 6) is 1.44. The third-order valence-corrected chi connectivity index (χ3v) is 6.77. The van der Waals surface area contributed by atoms with Gasteiger partial charge in [0, 0.05) is 30.2 Å². The molecule has 1 aliphatic rings. The van der Waals surface area contributed by atoms with E-state index in [0.717, 1.165) is 48.4 Å². The highest BCUT2D eigenvalue weighted by Gasteiger charge is 2.16. The van der Waals surface area contributed by atoms with Crippen LogP contribution < -0.4 is 11.5 Å². The normalized spacial score (nSPS) is 12.6. The van der Waals surface area contributed by atoms with E-state index in [2.05, 4.69) is 122 Å². The Kier molecular flexibility index (Phi) is 67.7. The van der Waals surface area contributed by atoms with E-state index in [1.165, 1.54) is 48.8 Å². The lowest BCUT2D eigenvalue weighted by Gasteiger charge is -2.22. The van der Waals surface area contributed by atoms with Crippen LogP contribution in [0.2, 0.25) is 0 Å². The van der Waals surface area contributed by atoms with E-state index >= 15 is 0 Å². The summed E-state index contributed by atoms with van der Waals surface area (Å²) in [4.78, 5) is 11.7. The third kappa shape index (κ3) is 48.3. The van der Waals surface area contributed by atoms with E-state index < -0.39 is 0 Å². The van der Waals surface area contributed by atoms with Crippen LogP contribution in [0.1, 0.15) is 166 Å². The Labute approximate surface area is 338 Å². The molecule has 2 rings (SSSR count). The number of carbonyl (C=O) groups excluding carboxylic acids is 1. The number of benzene rings is 1. The minimum atomic E-state index is 0.333. The Hall–Kier alpha value is -3.70. The maximum absolute atomic E-state index is 8.00. The van der Waals surface area contributed by atoms with E-state index in [1.807, 2.05) is 80.4 Å². The van der Waals surface area contributed by atoms with Gasteiger partial charge in [0.2, 0.25) is 0 Å². The molecule has 0 saturated heterocycles. The fourth-order valence-corrected chi connectivity index (χ4v) is 3.89. The Bertz CT molecular complexity index is 1070. The van der Waals surface area contributed by atoms with Crippen LogP contribution in [-0.2, 0) is 9.53 Å². The van der Waals surface area contributed by atoms with Crippen LogP contribution in [0.15, 0.2) is 108 Å². The van der Waals surface area contributed by atoms with Crippen molar-refractivity contribution < 1.29 is 9.53 Å². The number of ether oxygens (including phenoxy) is 1. The van der Waals surface area contributed by atoms with E-state index in [0.29, 0.717) is 18.6 Å². The SMILES string of the molecule is C/C=C\C(=C/CCOC1=C(C)C=C(N)C(C)C1)c1ccc(C)cc1.C=C.C=CCC.C=N/C(=C\C)CC.C=O.CC.CC.CC(C)N.CCCCCCC. The van der Waals surface area contributed by atoms with Gasteiger partial charge in [0.15, 0.2) is 0 Å². The lowest BCUT2D eigenvalue weighted by Crippen LogP contribution is -2.15. The summed E-state index contributed by atoms with van der Waals surface area (Å²) in [5, 5.41) is 0. The second-order valence-corrected chi connectivity index (χ2v) is 11.8. The number of carbonyl (C=O) groups is 1. The van der Waals surface area contributed by atoms with E-state index in [9.17, 15) is 0 Å². The van der Waals surface area contributed by atoms with Gasteiger partial charge < -0.3 is 21.0 Å². The standard InChI is InChI=1S/C22H29NO.C7H16.C6H11N.C4H8.C3H9N.2C2H6.C2H4.CH2O/c1-5-7-19(20-11-9-16(2)10-12-20)8-6-13-24-22-15-17(3)21(23)14-18(22)4;1-3-5-7-6-4-2;1-4-6(5-2)7-3;1-3-4-2;1-3(2)4;4*1-2/h5,7-12,14,17H,6,13,15,23H2,1-4H3;3-7H2,1-2H3;4H,3,5H2,1-2H3;3H,1,4H2,2H3;3H,4H2,1-2H3;2*1-2H3;1-2H2;1H2/b7-5-,19-8+;;6-4-;;;;;;. The van der Waals surface area contributed by atoms with Gasteiger partial charge in [0.25, 0.3) is 0 Å². The molecule has 5 nitrogen and oxygen atoms in total. The van der Waals surface area contributed by atoms with Gasteiger partial charge in [-0.3, -0.25) is 4.99 Å². The summed E-state index contributed by atoms with van der Waals surface area (Å²) in [6, 6.07) is 8.98. The first kappa shape index (κ1) is 65.2. The first-order valence-corrected chi connectivity index (χ1v) is 20.4. The first-order chi connectivity index (χ1) is 25.9. The van der Waals surface area contributed by atoms with Crippen LogP contribution >= 0.6 is 0 Å². The molecular weight excluding hydrogens is 663 g/mol. The molecule has 1 aromatic rings. The smallest absolute Gasteiger partial charge is 0.106 e. The van der Waals surface area contributed by atoms with Gasteiger partial charge in [-0.2, -0.15) is 0 Å². The fraction of sp³-hybridized carbons (Fsp3) is 0.551. The molecule has 0 spiro atoms. The molecule has 4 N–H and O–H groups in total. The summed E-state index contributed by atoms with van der Waals surface area (Å²) in [6.45, 7) is 46.4. The van der Waals surface area contributed by atoms with Crippen molar-refractivity contribution >= 4 is 19.1 Å². The van der Waals surface area contributed by atoms with Crippen molar-refractivity contribution in [3.05, 3.63) is 114 Å². The Morgan fingerprint density at radius 2 is 1.41 bits per heavy atom. The van der Waals surface area contributed by atoms with Crippen molar-refractivity contribution in [1.29, 1.82) is 0 Å². The van der Waals surface area contributed by atoms with Crippen molar-refractivity contribution in [3.8, 4) is 0 Å². The van der Waals surface area contributed by atoms with Crippen molar-refractivity contribution in [1.82, 2.24) is 0 Å². The van der Waals surface area contributed by atoms with Crippen LogP contribution in [0, 0.1) is 12.8 Å². The van der Waals surface area contributed by atoms with Gasteiger partial charge >= 0.3 is 0 Å². The van der Waals surface area contributed by atoms with Crippen LogP contribution in [0.3, 0.4) is 0 Å². The number of hydrogen-bond acceptors (Lipinski definition) is 5. The molecule has 1 unspecified atom stereocenters. The average Bonchev–Trinajstić information content (AvgIpc) is 3.19. The predicted molar refractivity (Wildman–Crippen MR) is 252 cm³/mol. The molecule has 0 heterocycles. The fourth-order valence-electron chi connectivity index (χ4n) is 3.89. The van der Waals surface area contributed by atoms with Crippen LogP contribution in [0.25, 0.3) is 5.57 Å². The highest BCUT2D eigenvalue weighted by Crippen LogP contribution is 2.27. The lowest BCUT2D eigenvalue weighted by atomic mass is 9.94. The summed E-state index contributed by atoms with van der Waals surface area (Å²) in [6.07, 6.45) is 23.2. The zero-order chi connectivity index (χ0) is 43.8. The number of aryl methyl sites for hydroxylation is 1. The Morgan fingerprint density at radius 3 is 1.74 bits per heavy atom.